The summed E-state index contributed by atoms with van der Waals surface area (Å²) in [6.45, 7) is 1.63. The third-order valence-corrected chi connectivity index (χ3v) is 5.64. The molecule has 0 aliphatic carbocycles. The van der Waals surface area contributed by atoms with E-state index in [1.807, 2.05) is 11.4 Å². The number of hydrogen-bond donors (Lipinski definition) is 1. The predicted molar refractivity (Wildman–Crippen MR) is 69.2 cm³/mol. The first-order chi connectivity index (χ1) is 7.96. The van der Waals surface area contributed by atoms with Crippen LogP contribution in [-0.4, -0.2) is 8.42 Å². The first-order valence-corrected chi connectivity index (χ1v) is 7.42. The van der Waals surface area contributed by atoms with Crippen LogP contribution in [-0.2, 0) is 14.8 Å². The normalized spacial score (nSPS) is 15.4. The average Bonchev–Trinajstić information content (AvgIpc) is 2.81. The summed E-state index contributed by atoms with van der Waals surface area (Å²) in [6.07, 6.45) is 0. The minimum atomic E-state index is -3.74. The second-order valence-corrected chi connectivity index (χ2v) is 6.70. The maximum atomic E-state index is 11.9. The first kappa shape index (κ1) is 12.3. The molecule has 5 heteroatoms. The predicted octanol–water partition coefficient (Wildman–Crippen LogP) is 2.10. The molecule has 2 rings (SSSR count). The Bertz CT molecular complexity index is 591. The van der Waals surface area contributed by atoms with Gasteiger partial charge in [-0.2, -0.15) is 0 Å². The highest BCUT2D eigenvalue weighted by Gasteiger charge is 2.41. The molecule has 0 spiro atoms. The lowest BCUT2D eigenvalue weighted by Gasteiger charge is -2.26. The Kier molecular flexibility index (Phi) is 3.07. The highest BCUT2D eigenvalue weighted by molar-refractivity contribution is 7.90. The van der Waals surface area contributed by atoms with E-state index in [1.54, 1.807) is 37.3 Å². The van der Waals surface area contributed by atoms with Gasteiger partial charge in [0.05, 0.1) is 0 Å². The smallest absolute Gasteiger partial charge is 0.223 e. The van der Waals surface area contributed by atoms with E-state index in [9.17, 15) is 8.42 Å². The molecule has 3 nitrogen and oxygen atoms in total. The minimum Gasteiger partial charge on any atom is -0.228 e. The second-order valence-electron chi connectivity index (χ2n) is 3.84. The monoisotopic (exact) mass is 266 g/mol. The van der Waals surface area contributed by atoms with Crippen LogP contribution in [0.3, 0.4) is 0 Å². The van der Waals surface area contributed by atoms with Crippen LogP contribution in [0.2, 0.25) is 0 Å². The van der Waals surface area contributed by atoms with E-state index in [1.165, 1.54) is 11.3 Å². The fourth-order valence-electron chi connectivity index (χ4n) is 1.70. The van der Waals surface area contributed by atoms with Crippen LogP contribution in [0.4, 0.5) is 0 Å². The molecule has 1 aromatic carbocycles. The molecular formula is C12H12NO2S2. The molecule has 1 atom stereocenters. The fraction of sp³-hybridized carbons (Fsp3) is 0.167. The highest BCUT2D eigenvalue weighted by atomic mass is 32.2. The molecule has 1 radical (unpaired) electrons. The molecule has 17 heavy (non-hydrogen) atoms. The van der Waals surface area contributed by atoms with Gasteiger partial charge in [-0.25, -0.2) is 13.6 Å². The van der Waals surface area contributed by atoms with Gasteiger partial charge in [0.2, 0.25) is 10.0 Å². The van der Waals surface area contributed by atoms with E-state index in [2.05, 4.69) is 6.07 Å². The first-order valence-electron chi connectivity index (χ1n) is 4.99. The topological polar surface area (TPSA) is 60.2 Å². The lowest BCUT2D eigenvalue weighted by molar-refractivity contribution is 0.568. The third-order valence-electron chi connectivity index (χ3n) is 2.83. The van der Waals surface area contributed by atoms with Crippen molar-refractivity contribution in [3.05, 3.63) is 58.3 Å². The molecule has 2 N–H and O–H groups in total. The quantitative estimate of drug-likeness (QED) is 0.924. The van der Waals surface area contributed by atoms with Gasteiger partial charge in [-0.05, 0) is 30.0 Å². The van der Waals surface area contributed by atoms with Gasteiger partial charge in [0.1, 0.15) is 4.75 Å². The van der Waals surface area contributed by atoms with Crippen molar-refractivity contribution >= 4 is 21.4 Å². The van der Waals surface area contributed by atoms with Crippen molar-refractivity contribution in [3.63, 3.8) is 0 Å². The molecule has 2 aromatic rings. The summed E-state index contributed by atoms with van der Waals surface area (Å²) in [5, 5.41) is 7.25. The molecule has 1 unspecified atom stereocenters. The molecular weight excluding hydrogens is 254 g/mol. The number of benzene rings is 1. The molecule has 0 aliphatic rings. The van der Waals surface area contributed by atoms with E-state index in [-0.39, 0.29) is 0 Å². The van der Waals surface area contributed by atoms with Crippen LogP contribution in [0.15, 0.2) is 41.8 Å². The Balaban J connectivity index is 2.70. The summed E-state index contributed by atoms with van der Waals surface area (Å²) in [5.74, 6) is 0. The number of hydrogen-bond acceptors (Lipinski definition) is 3. The van der Waals surface area contributed by atoms with E-state index in [4.69, 9.17) is 5.14 Å². The van der Waals surface area contributed by atoms with E-state index < -0.39 is 14.8 Å². The summed E-state index contributed by atoms with van der Waals surface area (Å²) in [5.41, 5.74) is 0.654. The Morgan fingerprint density at radius 2 is 1.94 bits per heavy atom. The van der Waals surface area contributed by atoms with Gasteiger partial charge < -0.3 is 0 Å². The van der Waals surface area contributed by atoms with Gasteiger partial charge in [-0.3, -0.25) is 0 Å². The van der Waals surface area contributed by atoms with E-state index in [0.29, 0.717) is 10.4 Å². The average molecular weight is 266 g/mol. The number of primary sulfonamides is 1. The van der Waals surface area contributed by atoms with Crippen LogP contribution >= 0.6 is 11.3 Å². The van der Waals surface area contributed by atoms with Crippen molar-refractivity contribution < 1.29 is 8.42 Å². The number of sulfonamides is 1. The van der Waals surface area contributed by atoms with Crippen molar-refractivity contribution in [2.45, 2.75) is 11.7 Å². The summed E-state index contributed by atoms with van der Waals surface area (Å²) >= 11 is 1.38. The summed E-state index contributed by atoms with van der Waals surface area (Å²) in [4.78, 5) is 0.714. The van der Waals surface area contributed by atoms with Gasteiger partial charge in [0.25, 0.3) is 0 Å². The SMILES string of the molecule is CC(c1cc[c]cc1)(c1cccs1)S(N)(=O)=O. The van der Waals surface area contributed by atoms with E-state index >= 15 is 0 Å². The van der Waals surface area contributed by atoms with Crippen LogP contribution < -0.4 is 5.14 Å². The highest BCUT2D eigenvalue weighted by Crippen LogP contribution is 2.38. The minimum absolute atomic E-state index is 0.654. The zero-order valence-electron chi connectivity index (χ0n) is 9.25. The van der Waals surface area contributed by atoms with Crippen LogP contribution in [0.1, 0.15) is 17.4 Å². The van der Waals surface area contributed by atoms with Crippen molar-refractivity contribution in [1.29, 1.82) is 0 Å². The van der Waals surface area contributed by atoms with Crippen LogP contribution in [0, 0.1) is 6.07 Å². The molecule has 1 aromatic heterocycles. The molecule has 0 saturated carbocycles. The zero-order chi connectivity index (χ0) is 12.5. The van der Waals surface area contributed by atoms with Gasteiger partial charge in [0.15, 0.2) is 0 Å². The summed E-state index contributed by atoms with van der Waals surface area (Å²) in [6, 6.07) is 13.3. The maximum absolute atomic E-state index is 11.9. The molecule has 0 aliphatic heterocycles. The summed E-state index contributed by atoms with van der Waals surface area (Å²) < 4.78 is 22.7. The number of rotatable bonds is 3. The molecule has 0 saturated heterocycles. The Morgan fingerprint density at radius 3 is 2.41 bits per heavy atom. The number of nitrogens with two attached hydrogens (primary N) is 1. The van der Waals surface area contributed by atoms with Gasteiger partial charge in [-0.1, -0.05) is 30.3 Å². The number of thiophene rings is 1. The van der Waals surface area contributed by atoms with Crippen LogP contribution in [0.5, 0.6) is 0 Å². The standard InChI is InChI=1S/C12H12NO2S2/c1-12(17(13,14)15,11-8-5-9-16-11)10-6-3-2-4-7-10/h3-9H,1H3,(H2,13,14,15). The van der Waals surface area contributed by atoms with Gasteiger partial charge in [-0.15, -0.1) is 11.3 Å². The zero-order valence-corrected chi connectivity index (χ0v) is 10.9. The van der Waals surface area contributed by atoms with E-state index in [0.717, 1.165) is 0 Å². The molecule has 1 heterocycles. The Morgan fingerprint density at radius 1 is 1.29 bits per heavy atom. The van der Waals surface area contributed by atoms with Gasteiger partial charge >= 0.3 is 0 Å². The Labute approximate surface area is 105 Å². The molecule has 0 fully saturated rings. The van der Waals surface area contributed by atoms with Gasteiger partial charge in [0, 0.05) is 4.88 Å². The molecule has 89 valence electrons. The summed E-state index contributed by atoms with van der Waals surface area (Å²) in [7, 11) is -3.74. The van der Waals surface area contributed by atoms with Crippen molar-refractivity contribution in [2.75, 3.05) is 0 Å². The third kappa shape index (κ3) is 2.01. The van der Waals surface area contributed by atoms with Crippen molar-refractivity contribution in [2.24, 2.45) is 5.14 Å². The second kappa shape index (κ2) is 4.25. The lowest BCUT2D eigenvalue weighted by atomic mass is 9.98. The largest absolute Gasteiger partial charge is 0.228 e. The molecule has 0 amide bonds. The Hall–Kier alpha value is -1.17. The molecule has 0 bridgehead atoms. The van der Waals surface area contributed by atoms with Crippen molar-refractivity contribution in [3.8, 4) is 0 Å². The maximum Gasteiger partial charge on any atom is 0.223 e. The fourth-order valence-corrected chi connectivity index (χ4v) is 3.81. The van der Waals surface area contributed by atoms with Crippen LogP contribution in [0.25, 0.3) is 0 Å². The van der Waals surface area contributed by atoms with Crippen molar-refractivity contribution in [1.82, 2.24) is 0 Å². The lowest BCUT2D eigenvalue weighted by Crippen LogP contribution is -2.38.